The minimum Gasteiger partial charge on any atom is -0.386 e. The van der Waals surface area contributed by atoms with Gasteiger partial charge >= 0.3 is 0 Å². The summed E-state index contributed by atoms with van der Waals surface area (Å²) >= 11 is 5.32. The molecule has 0 heterocycles. The molecule has 2 aliphatic carbocycles. The summed E-state index contributed by atoms with van der Waals surface area (Å²) in [7, 11) is 1.86. The van der Waals surface area contributed by atoms with Crippen LogP contribution in [0.4, 0.5) is 11.4 Å². The maximum Gasteiger partial charge on any atom is 0.191 e. The lowest BCUT2D eigenvalue weighted by Gasteiger charge is -2.31. The van der Waals surface area contributed by atoms with Crippen molar-refractivity contribution in [3.05, 3.63) is 24.3 Å². The van der Waals surface area contributed by atoms with Crippen LogP contribution >= 0.6 is 12.2 Å². The van der Waals surface area contributed by atoms with Gasteiger partial charge in [0.2, 0.25) is 0 Å². The van der Waals surface area contributed by atoms with Crippen molar-refractivity contribution in [1.29, 1.82) is 0 Å². The third-order valence-electron chi connectivity index (χ3n) is 6.01. The maximum atomic E-state index is 12.7. The van der Waals surface area contributed by atoms with Crippen molar-refractivity contribution in [1.82, 2.24) is 5.43 Å². The first-order chi connectivity index (χ1) is 11.3. The minimum atomic E-state index is -0.300. The average Bonchev–Trinajstić information content (AvgIpc) is 2.86. The number of nitrogens with one attached hydrogen (secondary N) is 3. The third kappa shape index (κ3) is 2.40. The molecule has 0 saturated heterocycles. The molecule has 2 bridgehead atoms. The quantitative estimate of drug-likeness (QED) is 0.579. The van der Waals surface area contributed by atoms with Crippen LogP contribution in [0.3, 0.4) is 0 Å². The maximum absolute atomic E-state index is 12.7. The zero-order valence-electron chi connectivity index (χ0n) is 14.6. The number of carbonyl (C=O) groups excluding carboxylic acids is 1. The van der Waals surface area contributed by atoms with Gasteiger partial charge in [0.1, 0.15) is 5.71 Å². The van der Waals surface area contributed by atoms with E-state index in [9.17, 15) is 4.79 Å². The number of thiocarbonyl (C=S) groups is 1. The number of hydrazone groups is 1. The number of rotatable bonds is 3. The van der Waals surface area contributed by atoms with E-state index in [0.717, 1.165) is 24.2 Å². The molecule has 2 atom stereocenters. The van der Waals surface area contributed by atoms with Gasteiger partial charge in [-0.3, -0.25) is 10.2 Å². The molecule has 2 aliphatic rings. The number of anilines is 2. The smallest absolute Gasteiger partial charge is 0.191 e. The summed E-state index contributed by atoms with van der Waals surface area (Å²) in [5.74, 6) is 0.365. The SMILES string of the molecule is CNc1ccccc1NC(=S)N/N=C1/C(=O)[C@]2(C)CC[C@H]1C2(C)C. The van der Waals surface area contributed by atoms with Crippen molar-refractivity contribution in [2.24, 2.45) is 21.8 Å². The number of benzene rings is 1. The van der Waals surface area contributed by atoms with Crippen molar-refractivity contribution in [2.75, 3.05) is 17.7 Å². The van der Waals surface area contributed by atoms with Crippen LogP contribution in [-0.4, -0.2) is 23.7 Å². The van der Waals surface area contributed by atoms with Gasteiger partial charge in [-0.1, -0.05) is 32.9 Å². The van der Waals surface area contributed by atoms with Crippen molar-refractivity contribution in [2.45, 2.75) is 33.6 Å². The average molecular weight is 344 g/mol. The molecule has 0 radical (unpaired) electrons. The fraction of sp³-hybridized carbons (Fsp3) is 0.500. The first-order valence-electron chi connectivity index (χ1n) is 8.27. The second-order valence-corrected chi connectivity index (χ2v) is 7.74. The van der Waals surface area contributed by atoms with E-state index in [1.165, 1.54) is 0 Å². The van der Waals surface area contributed by atoms with Crippen LogP contribution in [0.2, 0.25) is 0 Å². The molecule has 1 aromatic rings. The van der Waals surface area contributed by atoms with Crippen LogP contribution in [0.15, 0.2) is 29.4 Å². The summed E-state index contributed by atoms with van der Waals surface area (Å²) in [6.45, 7) is 6.41. The Morgan fingerprint density at radius 2 is 1.92 bits per heavy atom. The first kappa shape index (κ1) is 16.9. The van der Waals surface area contributed by atoms with Crippen molar-refractivity contribution in [3.8, 4) is 0 Å². The molecule has 2 fully saturated rings. The summed E-state index contributed by atoms with van der Waals surface area (Å²) in [6.07, 6.45) is 1.96. The Kier molecular flexibility index (Phi) is 4.11. The van der Waals surface area contributed by atoms with E-state index in [2.05, 4.69) is 41.9 Å². The second kappa shape index (κ2) is 5.84. The molecule has 0 amide bonds. The molecular weight excluding hydrogens is 320 g/mol. The van der Waals surface area contributed by atoms with E-state index >= 15 is 0 Å². The van der Waals surface area contributed by atoms with E-state index in [-0.39, 0.29) is 22.5 Å². The van der Waals surface area contributed by atoms with Gasteiger partial charge in [-0.25, -0.2) is 0 Å². The minimum absolute atomic E-state index is 0.0433. The standard InChI is InChI=1S/C18H24N4OS/c1-17(2)11-9-10-18(17,3)15(23)14(11)21-22-16(24)20-13-8-6-5-7-12(13)19-4/h5-8,11,19H,9-10H2,1-4H3,(H2,20,22,24)/b21-14+/t11-,18+/m1/s1. The Hall–Kier alpha value is -1.95. The molecule has 128 valence electrons. The fourth-order valence-electron chi connectivity index (χ4n) is 4.03. The zero-order chi connectivity index (χ0) is 17.5. The summed E-state index contributed by atoms with van der Waals surface area (Å²) in [6, 6.07) is 7.77. The molecule has 3 N–H and O–H groups in total. The Morgan fingerprint density at radius 3 is 2.50 bits per heavy atom. The van der Waals surface area contributed by atoms with Crippen LogP contribution in [0, 0.1) is 16.7 Å². The number of fused-ring (bicyclic) bond motifs is 2. The number of Topliss-reactive ketones (excluding diaryl/α,β-unsaturated/α-hetero) is 1. The topological polar surface area (TPSA) is 65.5 Å². The van der Waals surface area contributed by atoms with Crippen LogP contribution < -0.4 is 16.1 Å². The number of carbonyl (C=O) groups is 1. The summed E-state index contributed by atoms with van der Waals surface area (Å²) < 4.78 is 0. The Labute approximate surface area is 148 Å². The largest absolute Gasteiger partial charge is 0.386 e. The molecule has 0 spiro atoms. The number of hydrogen-bond acceptors (Lipinski definition) is 4. The number of nitrogens with zero attached hydrogens (tertiary/aromatic N) is 1. The zero-order valence-corrected chi connectivity index (χ0v) is 15.4. The Balaban J connectivity index is 1.73. The summed E-state index contributed by atoms with van der Waals surface area (Å²) in [5.41, 5.74) is 4.96. The van der Waals surface area contributed by atoms with Crippen molar-refractivity contribution in [3.63, 3.8) is 0 Å². The van der Waals surface area contributed by atoms with Crippen LogP contribution in [0.1, 0.15) is 33.6 Å². The van der Waals surface area contributed by atoms with Gasteiger partial charge in [-0.15, -0.1) is 0 Å². The monoisotopic (exact) mass is 344 g/mol. The highest BCUT2D eigenvalue weighted by molar-refractivity contribution is 7.80. The lowest BCUT2D eigenvalue weighted by Crippen LogP contribution is -2.34. The number of para-hydroxylation sites is 2. The third-order valence-corrected chi connectivity index (χ3v) is 6.21. The molecule has 1 aromatic carbocycles. The lowest BCUT2D eigenvalue weighted by atomic mass is 9.70. The van der Waals surface area contributed by atoms with Crippen molar-refractivity contribution >= 4 is 40.2 Å². The van der Waals surface area contributed by atoms with Crippen LogP contribution in [0.25, 0.3) is 0 Å². The van der Waals surface area contributed by atoms with Gasteiger partial charge in [0, 0.05) is 18.4 Å². The molecule has 0 aromatic heterocycles. The molecule has 6 heteroatoms. The summed E-state index contributed by atoms with van der Waals surface area (Å²) in [4.78, 5) is 12.7. The Morgan fingerprint density at radius 1 is 1.25 bits per heavy atom. The molecule has 0 unspecified atom stereocenters. The van der Waals surface area contributed by atoms with E-state index in [1.54, 1.807) is 0 Å². The molecular formula is C18H24N4OS. The molecule has 0 aliphatic heterocycles. The number of hydrogen-bond donors (Lipinski definition) is 3. The second-order valence-electron chi connectivity index (χ2n) is 7.33. The number of ketones is 1. The van der Waals surface area contributed by atoms with Gasteiger partial charge in [-0.2, -0.15) is 5.10 Å². The summed E-state index contributed by atoms with van der Waals surface area (Å²) in [5, 5.41) is 11.0. The highest BCUT2D eigenvalue weighted by atomic mass is 32.1. The van der Waals surface area contributed by atoms with Gasteiger partial charge in [0.05, 0.1) is 11.4 Å². The molecule has 5 nitrogen and oxygen atoms in total. The van der Waals surface area contributed by atoms with Gasteiger partial charge in [0.15, 0.2) is 10.9 Å². The Bertz CT molecular complexity index is 727. The van der Waals surface area contributed by atoms with E-state index in [0.29, 0.717) is 10.8 Å². The fourth-order valence-corrected chi connectivity index (χ4v) is 4.18. The van der Waals surface area contributed by atoms with Gasteiger partial charge < -0.3 is 10.6 Å². The predicted molar refractivity (Wildman–Crippen MR) is 102 cm³/mol. The molecule has 24 heavy (non-hydrogen) atoms. The van der Waals surface area contributed by atoms with Crippen LogP contribution in [0.5, 0.6) is 0 Å². The van der Waals surface area contributed by atoms with E-state index in [4.69, 9.17) is 12.2 Å². The first-order valence-corrected chi connectivity index (χ1v) is 8.68. The highest BCUT2D eigenvalue weighted by Crippen LogP contribution is 2.62. The van der Waals surface area contributed by atoms with Crippen molar-refractivity contribution < 1.29 is 4.79 Å². The lowest BCUT2D eigenvalue weighted by molar-refractivity contribution is -0.123. The molecule has 2 saturated carbocycles. The van der Waals surface area contributed by atoms with E-state index < -0.39 is 0 Å². The van der Waals surface area contributed by atoms with Gasteiger partial charge in [0.25, 0.3) is 0 Å². The van der Waals surface area contributed by atoms with E-state index in [1.807, 2.05) is 31.3 Å². The normalized spacial score (nSPS) is 28.9. The molecule has 3 rings (SSSR count). The van der Waals surface area contributed by atoms with Crippen LogP contribution in [-0.2, 0) is 4.79 Å². The predicted octanol–water partition coefficient (Wildman–Crippen LogP) is 3.40. The van der Waals surface area contributed by atoms with Gasteiger partial charge in [-0.05, 0) is 42.6 Å². The highest BCUT2D eigenvalue weighted by Gasteiger charge is 2.65.